The molecule has 124 valence electrons. The highest BCUT2D eigenvalue weighted by atomic mass is 16.5. The van der Waals surface area contributed by atoms with Crippen LogP contribution in [0, 0.1) is 0 Å². The number of nitrogens with one attached hydrogen (secondary N) is 2. The van der Waals surface area contributed by atoms with Crippen molar-refractivity contribution in [1.29, 1.82) is 0 Å². The Bertz CT molecular complexity index is 615. The van der Waals surface area contributed by atoms with E-state index in [1.807, 2.05) is 32.2 Å². The lowest BCUT2D eigenvalue weighted by molar-refractivity contribution is -0.123. The third-order valence-corrected chi connectivity index (χ3v) is 3.33. The highest BCUT2D eigenvalue weighted by molar-refractivity contribution is 5.77. The second kappa shape index (κ2) is 8.28. The Kier molecular flexibility index (Phi) is 6.10. The molecule has 7 nitrogen and oxygen atoms in total. The summed E-state index contributed by atoms with van der Waals surface area (Å²) in [5.74, 6) is 1.40. The van der Waals surface area contributed by atoms with Crippen LogP contribution < -0.4 is 15.4 Å². The minimum atomic E-state index is -0.368. The molecule has 0 aliphatic heterocycles. The number of aromatic nitrogens is 2. The molecule has 23 heavy (non-hydrogen) atoms. The summed E-state index contributed by atoms with van der Waals surface area (Å²) in [4.78, 5) is 16.2. The van der Waals surface area contributed by atoms with Gasteiger partial charge in [0.15, 0.2) is 12.4 Å². The van der Waals surface area contributed by atoms with Gasteiger partial charge in [-0.05, 0) is 33.0 Å². The first-order chi connectivity index (χ1) is 11.1. The van der Waals surface area contributed by atoms with Crippen molar-refractivity contribution in [2.45, 2.75) is 32.4 Å². The van der Waals surface area contributed by atoms with E-state index >= 15 is 0 Å². The van der Waals surface area contributed by atoms with E-state index in [0.29, 0.717) is 23.9 Å². The highest BCUT2D eigenvalue weighted by Crippen LogP contribution is 2.11. The van der Waals surface area contributed by atoms with Crippen LogP contribution in [-0.4, -0.2) is 35.7 Å². The molecule has 1 aromatic carbocycles. The van der Waals surface area contributed by atoms with Crippen molar-refractivity contribution in [3.8, 4) is 5.75 Å². The normalized spacial score (nSPS) is 13.3. The van der Waals surface area contributed by atoms with Crippen molar-refractivity contribution >= 4 is 5.91 Å². The molecule has 7 heteroatoms. The fourth-order valence-electron chi connectivity index (χ4n) is 1.91. The maximum absolute atomic E-state index is 11.9. The van der Waals surface area contributed by atoms with Crippen LogP contribution in [0.25, 0.3) is 0 Å². The third kappa shape index (κ3) is 5.37. The van der Waals surface area contributed by atoms with Gasteiger partial charge in [-0.15, -0.1) is 0 Å². The lowest BCUT2D eigenvalue weighted by atomic mass is 10.2. The van der Waals surface area contributed by atoms with Crippen LogP contribution in [0.2, 0.25) is 0 Å². The first kappa shape index (κ1) is 17.0. The Balaban J connectivity index is 1.81. The van der Waals surface area contributed by atoms with Crippen LogP contribution >= 0.6 is 0 Å². The Morgan fingerprint density at radius 3 is 2.74 bits per heavy atom. The smallest absolute Gasteiger partial charge is 0.258 e. The highest BCUT2D eigenvalue weighted by Gasteiger charge is 2.17. The molecule has 0 aliphatic rings. The van der Waals surface area contributed by atoms with Gasteiger partial charge in [0.2, 0.25) is 5.89 Å². The second-order valence-electron chi connectivity index (χ2n) is 5.33. The van der Waals surface area contributed by atoms with Crippen molar-refractivity contribution in [1.82, 2.24) is 20.8 Å². The summed E-state index contributed by atoms with van der Waals surface area (Å²) < 4.78 is 10.6. The molecular weight excluding hydrogens is 296 g/mol. The number of carbonyl (C=O) groups excluding carboxylic acids is 1. The van der Waals surface area contributed by atoms with E-state index in [4.69, 9.17) is 9.26 Å². The first-order valence-electron chi connectivity index (χ1n) is 7.55. The summed E-state index contributed by atoms with van der Waals surface area (Å²) >= 11 is 0. The number of amides is 1. The van der Waals surface area contributed by atoms with Crippen LogP contribution in [-0.2, 0) is 11.2 Å². The maximum Gasteiger partial charge on any atom is 0.258 e. The molecule has 0 bridgehead atoms. The monoisotopic (exact) mass is 318 g/mol. The molecule has 2 aromatic rings. The predicted octanol–water partition coefficient (Wildman–Crippen LogP) is 1.48. The van der Waals surface area contributed by atoms with E-state index in [9.17, 15) is 4.79 Å². The van der Waals surface area contributed by atoms with Gasteiger partial charge in [-0.3, -0.25) is 4.79 Å². The van der Waals surface area contributed by atoms with Gasteiger partial charge in [-0.25, -0.2) is 0 Å². The number of rotatable bonds is 8. The van der Waals surface area contributed by atoms with Crippen LogP contribution in [0.15, 0.2) is 34.9 Å². The van der Waals surface area contributed by atoms with E-state index in [1.54, 1.807) is 19.1 Å². The summed E-state index contributed by atoms with van der Waals surface area (Å²) in [6.45, 7) is 3.76. The molecule has 0 spiro atoms. The molecule has 0 aliphatic carbocycles. The topological polar surface area (TPSA) is 89.3 Å². The summed E-state index contributed by atoms with van der Waals surface area (Å²) in [7, 11) is 1.88. The first-order valence-corrected chi connectivity index (χ1v) is 7.55. The van der Waals surface area contributed by atoms with E-state index < -0.39 is 0 Å². The molecule has 0 fully saturated rings. The number of carbonyl (C=O) groups is 1. The SMILES string of the molecule is CNC(C)Cc1noc(C(C)NC(=O)COc2ccccc2)n1. The largest absolute Gasteiger partial charge is 0.484 e. The van der Waals surface area contributed by atoms with Gasteiger partial charge >= 0.3 is 0 Å². The third-order valence-electron chi connectivity index (χ3n) is 3.33. The number of hydrogen-bond acceptors (Lipinski definition) is 6. The molecule has 2 rings (SSSR count). The average molecular weight is 318 g/mol. The zero-order valence-electron chi connectivity index (χ0n) is 13.6. The van der Waals surface area contributed by atoms with Crippen LogP contribution in [0.5, 0.6) is 5.75 Å². The number of likely N-dealkylation sites (N-methyl/N-ethyl adjacent to an activating group) is 1. The molecule has 1 amide bonds. The van der Waals surface area contributed by atoms with Gasteiger partial charge in [0.25, 0.3) is 5.91 Å². The van der Waals surface area contributed by atoms with Crippen LogP contribution in [0.1, 0.15) is 31.6 Å². The van der Waals surface area contributed by atoms with Crippen LogP contribution in [0.4, 0.5) is 0 Å². The Morgan fingerprint density at radius 2 is 2.04 bits per heavy atom. The van der Waals surface area contributed by atoms with Crippen molar-refractivity contribution in [2.75, 3.05) is 13.7 Å². The molecule has 0 radical (unpaired) electrons. The maximum atomic E-state index is 11.9. The molecule has 2 atom stereocenters. The molecule has 1 aromatic heterocycles. The average Bonchev–Trinajstić information content (AvgIpc) is 3.02. The van der Waals surface area contributed by atoms with Gasteiger partial charge < -0.3 is 19.9 Å². The minimum absolute atomic E-state index is 0.0634. The van der Waals surface area contributed by atoms with Crippen molar-refractivity contribution < 1.29 is 14.1 Å². The fourth-order valence-corrected chi connectivity index (χ4v) is 1.91. The second-order valence-corrected chi connectivity index (χ2v) is 5.33. The molecule has 1 heterocycles. The number of para-hydroxylation sites is 1. The summed E-state index contributed by atoms with van der Waals surface area (Å²) in [6.07, 6.45) is 0.664. The number of nitrogens with zero attached hydrogens (tertiary/aromatic N) is 2. The quantitative estimate of drug-likeness (QED) is 0.766. The van der Waals surface area contributed by atoms with Crippen molar-refractivity contribution in [3.63, 3.8) is 0 Å². The number of ether oxygens (including phenoxy) is 1. The van der Waals surface area contributed by atoms with Crippen molar-refractivity contribution in [2.24, 2.45) is 0 Å². The lowest BCUT2D eigenvalue weighted by Crippen LogP contribution is -2.31. The number of benzene rings is 1. The molecule has 2 N–H and O–H groups in total. The van der Waals surface area contributed by atoms with E-state index in [1.165, 1.54) is 0 Å². The Morgan fingerprint density at radius 1 is 1.30 bits per heavy atom. The van der Waals surface area contributed by atoms with Gasteiger partial charge in [0.1, 0.15) is 11.8 Å². The predicted molar refractivity (Wildman–Crippen MR) is 85.0 cm³/mol. The van der Waals surface area contributed by atoms with Crippen LogP contribution in [0.3, 0.4) is 0 Å². The summed E-state index contributed by atoms with van der Waals surface area (Å²) in [6, 6.07) is 9.06. The fraction of sp³-hybridized carbons (Fsp3) is 0.438. The van der Waals surface area contributed by atoms with Gasteiger partial charge in [-0.1, -0.05) is 23.4 Å². The zero-order chi connectivity index (χ0) is 16.7. The molecule has 0 saturated carbocycles. The standard InChI is InChI=1S/C16H22N4O3/c1-11(17-3)9-14-19-16(23-20-14)12(2)18-15(21)10-22-13-7-5-4-6-8-13/h4-8,11-12,17H,9-10H2,1-3H3,(H,18,21). The number of hydrogen-bond donors (Lipinski definition) is 2. The lowest BCUT2D eigenvalue weighted by Gasteiger charge is -2.10. The van der Waals surface area contributed by atoms with E-state index in [-0.39, 0.29) is 24.6 Å². The Labute approximate surface area is 135 Å². The van der Waals surface area contributed by atoms with Crippen molar-refractivity contribution in [3.05, 3.63) is 42.0 Å². The molecule has 0 saturated heterocycles. The molecular formula is C16H22N4O3. The zero-order valence-corrected chi connectivity index (χ0v) is 13.6. The van der Waals surface area contributed by atoms with E-state index in [2.05, 4.69) is 20.8 Å². The Hall–Kier alpha value is -2.41. The summed E-state index contributed by atoms with van der Waals surface area (Å²) in [5.41, 5.74) is 0. The molecule has 2 unspecified atom stereocenters. The summed E-state index contributed by atoms with van der Waals surface area (Å²) in [5, 5.41) is 9.80. The minimum Gasteiger partial charge on any atom is -0.484 e. The van der Waals surface area contributed by atoms with Gasteiger partial charge in [-0.2, -0.15) is 4.98 Å². The van der Waals surface area contributed by atoms with Gasteiger partial charge in [0.05, 0.1) is 0 Å². The van der Waals surface area contributed by atoms with E-state index in [0.717, 1.165) is 0 Å². The van der Waals surface area contributed by atoms with Gasteiger partial charge in [0, 0.05) is 12.5 Å².